The number of rotatable bonds is 12. The summed E-state index contributed by atoms with van der Waals surface area (Å²) in [4.78, 5) is 5.19. The summed E-state index contributed by atoms with van der Waals surface area (Å²) in [6.45, 7) is 22.6. The van der Waals surface area contributed by atoms with Crippen LogP contribution < -0.4 is 5.32 Å². The average molecular weight is 475 g/mol. The molecule has 0 radical (unpaired) electrons. The van der Waals surface area contributed by atoms with Crippen molar-refractivity contribution in [2.45, 2.75) is 94.9 Å². The molecule has 0 amide bonds. The Bertz CT molecular complexity index is 949. The highest BCUT2D eigenvalue weighted by Gasteiger charge is 2.13. The van der Waals surface area contributed by atoms with Gasteiger partial charge in [0.25, 0.3) is 0 Å². The first-order chi connectivity index (χ1) is 16.5. The van der Waals surface area contributed by atoms with Gasteiger partial charge in [0.05, 0.1) is 5.69 Å². The molecular formula is C33H50N2. The number of hydrogen-bond donors (Lipinski definition) is 1. The van der Waals surface area contributed by atoms with Crippen molar-refractivity contribution in [3.63, 3.8) is 0 Å². The normalized spacial score (nSPS) is 13.0. The fraction of sp³-hybridized carbons (Fsp3) is 0.545. The lowest BCUT2D eigenvalue weighted by Crippen LogP contribution is -2.08. The Morgan fingerprint density at radius 3 is 1.43 bits per heavy atom. The number of nitrogens with zero attached hydrogens (tertiary/aromatic N) is 1. The molecule has 0 heterocycles. The van der Waals surface area contributed by atoms with E-state index in [2.05, 4.69) is 117 Å². The SMILES string of the molecule is CC(/C=C(/C)Nc1c(CC(C)C)cccc1CC(C)C)=Nc1c(CC(C)C)cccc1CC(C)C. The predicted octanol–water partition coefficient (Wildman–Crippen LogP) is 9.59. The lowest BCUT2D eigenvalue weighted by Gasteiger charge is -2.20. The second-order valence-electron chi connectivity index (χ2n) is 12.0. The van der Waals surface area contributed by atoms with Gasteiger partial charge in [-0.25, -0.2) is 0 Å². The first-order valence-electron chi connectivity index (χ1n) is 13.7. The maximum absolute atomic E-state index is 5.19. The van der Waals surface area contributed by atoms with Crippen LogP contribution in [0.1, 0.15) is 91.5 Å². The maximum Gasteiger partial charge on any atom is 0.0696 e. The van der Waals surface area contributed by atoms with Gasteiger partial charge in [0, 0.05) is 17.1 Å². The molecule has 192 valence electrons. The summed E-state index contributed by atoms with van der Waals surface area (Å²) in [6.07, 6.45) is 6.47. The third-order valence-corrected chi connectivity index (χ3v) is 5.99. The van der Waals surface area contributed by atoms with E-state index in [1.54, 1.807) is 0 Å². The van der Waals surface area contributed by atoms with Crippen LogP contribution in [0.4, 0.5) is 11.4 Å². The van der Waals surface area contributed by atoms with Crippen LogP contribution in [-0.2, 0) is 25.7 Å². The molecule has 0 atom stereocenters. The molecule has 0 bridgehead atoms. The summed E-state index contributed by atoms with van der Waals surface area (Å²) >= 11 is 0. The number of benzene rings is 2. The van der Waals surface area contributed by atoms with Crippen LogP contribution in [-0.4, -0.2) is 5.71 Å². The molecule has 0 fully saturated rings. The molecule has 0 aliphatic carbocycles. The molecule has 0 aliphatic heterocycles. The van der Waals surface area contributed by atoms with E-state index in [1.165, 1.54) is 33.6 Å². The van der Waals surface area contributed by atoms with E-state index in [4.69, 9.17) is 4.99 Å². The molecule has 2 heteroatoms. The first-order valence-corrected chi connectivity index (χ1v) is 13.7. The van der Waals surface area contributed by atoms with E-state index < -0.39 is 0 Å². The fourth-order valence-corrected chi connectivity index (χ4v) is 4.79. The van der Waals surface area contributed by atoms with Gasteiger partial charge in [-0.1, -0.05) is 91.8 Å². The summed E-state index contributed by atoms with van der Waals surface area (Å²) in [6, 6.07) is 13.5. The standard InChI is InChI=1S/C33H50N2/c1-22(2)17-28-13-11-14-29(18-23(3)4)32(28)34-26(9)21-27(10)35-33-30(19-24(5)6)15-12-16-31(33)20-25(7)8/h11-16,21-25,34H,17-20H2,1-10H3/b26-21-,35-27?. The molecule has 2 rings (SSSR count). The number of hydrogen-bond acceptors (Lipinski definition) is 2. The van der Waals surface area contributed by atoms with Crippen molar-refractivity contribution in [3.05, 3.63) is 70.4 Å². The Hall–Kier alpha value is -2.35. The van der Waals surface area contributed by atoms with Crippen LogP contribution in [0.25, 0.3) is 0 Å². The van der Waals surface area contributed by atoms with Gasteiger partial charge in [-0.2, -0.15) is 0 Å². The summed E-state index contributed by atoms with van der Waals surface area (Å²) in [7, 11) is 0. The van der Waals surface area contributed by atoms with Crippen LogP contribution in [0.2, 0.25) is 0 Å². The zero-order chi connectivity index (χ0) is 26.1. The summed E-state index contributed by atoms with van der Waals surface area (Å²) < 4.78 is 0. The number of anilines is 1. The van der Waals surface area contributed by atoms with E-state index in [0.29, 0.717) is 23.7 Å². The smallest absolute Gasteiger partial charge is 0.0696 e. The highest BCUT2D eigenvalue weighted by Crippen LogP contribution is 2.30. The van der Waals surface area contributed by atoms with E-state index in [1.807, 2.05) is 0 Å². The molecule has 2 aromatic carbocycles. The fourth-order valence-electron chi connectivity index (χ4n) is 4.79. The molecule has 0 aromatic heterocycles. The first kappa shape index (κ1) is 28.9. The van der Waals surface area contributed by atoms with Gasteiger partial charge in [-0.05, 0) is 91.5 Å². The minimum atomic E-state index is 0.606. The average Bonchev–Trinajstić information content (AvgIpc) is 2.71. The Kier molecular flexibility index (Phi) is 11.3. The largest absolute Gasteiger partial charge is 0.359 e. The molecule has 2 aromatic rings. The lowest BCUT2D eigenvalue weighted by atomic mass is 9.94. The molecule has 2 nitrogen and oxygen atoms in total. The van der Waals surface area contributed by atoms with Crippen LogP contribution in [0.3, 0.4) is 0 Å². The Labute approximate surface area is 216 Å². The van der Waals surface area contributed by atoms with Crippen LogP contribution >= 0.6 is 0 Å². The van der Waals surface area contributed by atoms with E-state index in [9.17, 15) is 0 Å². The second-order valence-corrected chi connectivity index (χ2v) is 12.0. The van der Waals surface area contributed by atoms with Gasteiger partial charge in [-0.15, -0.1) is 0 Å². The van der Waals surface area contributed by atoms with Gasteiger partial charge in [-0.3, -0.25) is 4.99 Å². The van der Waals surface area contributed by atoms with Crippen LogP contribution in [0.15, 0.2) is 53.2 Å². The van der Waals surface area contributed by atoms with Crippen molar-refractivity contribution in [1.82, 2.24) is 0 Å². The molecule has 1 N–H and O–H groups in total. The quantitative estimate of drug-likeness (QED) is 0.304. The van der Waals surface area contributed by atoms with Crippen LogP contribution in [0, 0.1) is 23.7 Å². The molecule has 0 saturated carbocycles. The number of allylic oxidation sites excluding steroid dienone is 2. The third kappa shape index (κ3) is 9.67. The van der Waals surface area contributed by atoms with Crippen molar-refractivity contribution in [2.75, 3.05) is 5.32 Å². The van der Waals surface area contributed by atoms with Crippen molar-refractivity contribution >= 4 is 17.1 Å². The van der Waals surface area contributed by atoms with Gasteiger partial charge >= 0.3 is 0 Å². The van der Waals surface area contributed by atoms with Crippen LogP contribution in [0.5, 0.6) is 0 Å². The topological polar surface area (TPSA) is 24.4 Å². The zero-order valence-corrected chi connectivity index (χ0v) is 24.1. The molecular weight excluding hydrogens is 424 g/mol. The summed E-state index contributed by atoms with van der Waals surface area (Å²) in [5.74, 6) is 2.45. The Morgan fingerprint density at radius 2 is 1.03 bits per heavy atom. The monoisotopic (exact) mass is 474 g/mol. The van der Waals surface area contributed by atoms with Crippen molar-refractivity contribution < 1.29 is 0 Å². The lowest BCUT2D eigenvalue weighted by molar-refractivity contribution is 0.637. The van der Waals surface area contributed by atoms with Crippen molar-refractivity contribution in [2.24, 2.45) is 28.7 Å². The number of nitrogens with one attached hydrogen (secondary N) is 1. The minimum absolute atomic E-state index is 0.606. The second kappa shape index (κ2) is 13.7. The zero-order valence-electron chi connectivity index (χ0n) is 24.1. The number of aliphatic imine (C=N–C) groups is 1. The molecule has 0 saturated heterocycles. The predicted molar refractivity (Wildman–Crippen MR) is 157 cm³/mol. The summed E-state index contributed by atoms with van der Waals surface area (Å²) in [5, 5.41) is 3.78. The third-order valence-electron chi connectivity index (χ3n) is 5.99. The van der Waals surface area contributed by atoms with Crippen molar-refractivity contribution in [1.29, 1.82) is 0 Å². The van der Waals surface area contributed by atoms with Gasteiger partial charge in [0.15, 0.2) is 0 Å². The van der Waals surface area contributed by atoms with Gasteiger partial charge in [0.1, 0.15) is 0 Å². The Morgan fingerprint density at radius 1 is 0.657 bits per heavy atom. The Balaban J connectivity index is 2.43. The molecule has 0 aliphatic rings. The van der Waals surface area contributed by atoms with Crippen molar-refractivity contribution in [3.8, 4) is 0 Å². The maximum atomic E-state index is 5.19. The van der Waals surface area contributed by atoms with E-state index >= 15 is 0 Å². The highest BCUT2D eigenvalue weighted by atomic mass is 14.9. The van der Waals surface area contributed by atoms with E-state index in [0.717, 1.165) is 37.1 Å². The summed E-state index contributed by atoms with van der Waals surface area (Å²) in [5.41, 5.74) is 10.2. The minimum Gasteiger partial charge on any atom is -0.359 e. The van der Waals surface area contributed by atoms with Gasteiger partial charge in [0.2, 0.25) is 0 Å². The van der Waals surface area contributed by atoms with E-state index in [-0.39, 0.29) is 0 Å². The molecule has 0 spiro atoms. The highest BCUT2D eigenvalue weighted by molar-refractivity contribution is 5.96. The van der Waals surface area contributed by atoms with Gasteiger partial charge < -0.3 is 5.32 Å². The number of para-hydroxylation sites is 2. The molecule has 35 heavy (non-hydrogen) atoms. The molecule has 0 unspecified atom stereocenters.